The molecular formula is C15H25NO3. The largest absolute Gasteiger partial charge is 0.481 e. The lowest BCUT2D eigenvalue weighted by atomic mass is 9.76. The molecule has 4 heteroatoms. The molecule has 1 N–H and O–H groups in total. The smallest absolute Gasteiger partial charge is 0.309 e. The van der Waals surface area contributed by atoms with E-state index in [2.05, 4.69) is 6.92 Å². The fourth-order valence-corrected chi connectivity index (χ4v) is 3.62. The summed E-state index contributed by atoms with van der Waals surface area (Å²) in [5, 5.41) is 9.36. The molecule has 2 atom stereocenters. The Morgan fingerprint density at radius 2 is 1.89 bits per heavy atom. The zero-order valence-electron chi connectivity index (χ0n) is 12.0. The Hall–Kier alpha value is -1.06. The van der Waals surface area contributed by atoms with E-state index in [1.165, 1.54) is 0 Å². The van der Waals surface area contributed by atoms with Gasteiger partial charge in [-0.05, 0) is 38.0 Å². The lowest BCUT2D eigenvalue weighted by molar-refractivity contribution is -0.155. The fourth-order valence-electron chi connectivity index (χ4n) is 3.62. The van der Waals surface area contributed by atoms with Crippen LogP contribution in [0.5, 0.6) is 0 Å². The van der Waals surface area contributed by atoms with Crippen molar-refractivity contribution in [2.75, 3.05) is 13.1 Å². The van der Waals surface area contributed by atoms with Crippen LogP contribution in [0.3, 0.4) is 0 Å². The van der Waals surface area contributed by atoms with Crippen LogP contribution in [0.2, 0.25) is 0 Å². The van der Waals surface area contributed by atoms with Gasteiger partial charge < -0.3 is 10.0 Å². The summed E-state index contributed by atoms with van der Waals surface area (Å²) in [5.74, 6) is 0.236. The van der Waals surface area contributed by atoms with Gasteiger partial charge in [-0.1, -0.05) is 20.3 Å². The Kier molecular flexibility index (Phi) is 4.16. The molecule has 1 amide bonds. The molecular weight excluding hydrogens is 242 g/mol. The van der Waals surface area contributed by atoms with Gasteiger partial charge in [-0.3, -0.25) is 9.59 Å². The number of piperidine rings is 1. The maximum Gasteiger partial charge on any atom is 0.309 e. The van der Waals surface area contributed by atoms with Crippen LogP contribution in [0.1, 0.15) is 52.4 Å². The summed E-state index contributed by atoms with van der Waals surface area (Å²) in [6.45, 7) is 5.32. The van der Waals surface area contributed by atoms with Gasteiger partial charge >= 0.3 is 5.97 Å². The number of aliphatic carboxylic acids is 1. The van der Waals surface area contributed by atoms with Gasteiger partial charge in [0.05, 0.1) is 5.41 Å². The van der Waals surface area contributed by atoms with Crippen LogP contribution in [0.15, 0.2) is 0 Å². The van der Waals surface area contributed by atoms with Crippen LogP contribution in [0, 0.1) is 17.3 Å². The number of amides is 1. The highest BCUT2D eigenvalue weighted by Gasteiger charge is 2.42. The second-order valence-corrected chi connectivity index (χ2v) is 6.28. The first-order valence-corrected chi connectivity index (χ1v) is 7.52. The molecule has 2 fully saturated rings. The van der Waals surface area contributed by atoms with Gasteiger partial charge in [0.15, 0.2) is 0 Å². The third-order valence-corrected chi connectivity index (χ3v) is 5.34. The van der Waals surface area contributed by atoms with Crippen molar-refractivity contribution in [1.82, 2.24) is 4.90 Å². The Morgan fingerprint density at radius 1 is 1.26 bits per heavy atom. The second-order valence-electron chi connectivity index (χ2n) is 6.28. The SMILES string of the molecule is CCC1(C(=O)O)CCN(C(=O)C2CCCC2C)CC1. The number of carbonyl (C=O) groups is 2. The van der Waals surface area contributed by atoms with Gasteiger partial charge in [0.2, 0.25) is 5.91 Å². The molecule has 1 aliphatic heterocycles. The quantitative estimate of drug-likeness (QED) is 0.855. The summed E-state index contributed by atoms with van der Waals surface area (Å²) in [6, 6.07) is 0. The van der Waals surface area contributed by atoms with Crippen molar-refractivity contribution < 1.29 is 14.7 Å². The van der Waals surface area contributed by atoms with Gasteiger partial charge in [0.1, 0.15) is 0 Å². The van der Waals surface area contributed by atoms with Crippen molar-refractivity contribution >= 4 is 11.9 Å². The first kappa shape index (κ1) is 14.4. The zero-order valence-corrected chi connectivity index (χ0v) is 12.0. The number of carboxylic acid groups (broad SMARTS) is 1. The van der Waals surface area contributed by atoms with E-state index in [1.807, 2.05) is 11.8 Å². The average molecular weight is 267 g/mol. The molecule has 0 aromatic heterocycles. The predicted octanol–water partition coefficient (Wildman–Crippen LogP) is 2.53. The Balaban J connectivity index is 1.96. The molecule has 0 bridgehead atoms. The van der Waals surface area contributed by atoms with Crippen LogP contribution < -0.4 is 0 Å². The third kappa shape index (κ3) is 2.63. The minimum Gasteiger partial charge on any atom is -0.481 e. The van der Waals surface area contributed by atoms with Crippen molar-refractivity contribution in [3.63, 3.8) is 0 Å². The van der Waals surface area contributed by atoms with E-state index >= 15 is 0 Å². The summed E-state index contributed by atoms with van der Waals surface area (Å²) in [5.41, 5.74) is -0.599. The molecule has 2 rings (SSSR count). The van der Waals surface area contributed by atoms with Gasteiger partial charge in [-0.15, -0.1) is 0 Å². The molecule has 0 aromatic carbocycles. The molecule has 19 heavy (non-hydrogen) atoms. The van der Waals surface area contributed by atoms with Crippen molar-refractivity contribution in [3.8, 4) is 0 Å². The van der Waals surface area contributed by atoms with E-state index in [4.69, 9.17) is 0 Å². The van der Waals surface area contributed by atoms with E-state index in [0.717, 1.165) is 19.3 Å². The van der Waals surface area contributed by atoms with E-state index in [0.29, 0.717) is 38.3 Å². The minimum absolute atomic E-state index is 0.180. The van der Waals surface area contributed by atoms with E-state index in [9.17, 15) is 14.7 Å². The highest BCUT2D eigenvalue weighted by Crippen LogP contribution is 2.38. The predicted molar refractivity (Wildman–Crippen MR) is 72.7 cm³/mol. The number of nitrogens with zero attached hydrogens (tertiary/aromatic N) is 1. The van der Waals surface area contributed by atoms with Crippen LogP contribution in [-0.4, -0.2) is 35.0 Å². The number of likely N-dealkylation sites (tertiary alicyclic amines) is 1. The molecule has 1 saturated heterocycles. The number of carboxylic acids is 1. The van der Waals surface area contributed by atoms with E-state index < -0.39 is 11.4 Å². The Bertz CT molecular complexity index is 358. The van der Waals surface area contributed by atoms with Crippen LogP contribution in [-0.2, 0) is 9.59 Å². The third-order valence-electron chi connectivity index (χ3n) is 5.34. The lowest BCUT2D eigenvalue weighted by Crippen LogP contribution is -2.48. The zero-order chi connectivity index (χ0) is 14.0. The van der Waals surface area contributed by atoms with Crippen LogP contribution in [0.25, 0.3) is 0 Å². The fraction of sp³-hybridized carbons (Fsp3) is 0.867. The standard InChI is InChI=1S/C15H25NO3/c1-3-15(14(18)19)7-9-16(10-8-15)13(17)12-6-4-5-11(12)2/h11-12H,3-10H2,1-2H3,(H,18,19). The van der Waals surface area contributed by atoms with E-state index in [-0.39, 0.29) is 11.8 Å². The van der Waals surface area contributed by atoms with Gasteiger partial charge in [0, 0.05) is 19.0 Å². The average Bonchev–Trinajstić information content (AvgIpc) is 2.84. The second kappa shape index (κ2) is 5.51. The first-order valence-electron chi connectivity index (χ1n) is 7.52. The lowest BCUT2D eigenvalue weighted by Gasteiger charge is -2.39. The molecule has 1 heterocycles. The highest BCUT2D eigenvalue weighted by molar-refractivity contribution is 5.80. The van der Waals surface area contributed by atoms with Crippen molar-refractivity contribution in [1.29, 1.82) is 0 Å². The van der Waals surface area contributed by atoms with Gasteiger partial charge in [0.25, 0.3) is 0 Å². The van der Waals surface area contributed by atoms with Crippen molar-refractivity contribution in [2.45, 2.75) is 52.4 Å². The molecule has 0 radical (unpaired) electrons. The topological polar surface area (TPSA) is 57.6 Å². The van der Waals surface area contributed by atoms with Crippen LogP contribution >= 0.6 is 0 Å². The maximum atomic E-state index is 12.5. The summed E-state index contributed by atoms with van der Waals surface area (Å²) in [6.07, 6.45) is 5.17. The molecule has 0 spiro atoms. The number of hydrogen-bond donors (Lipinski definition) is 1. The molecule has 0 aromatic rings. The maximum absolute atomic E-state index is 12.5. The summed E-state index contributed by atoms with van der Waals surface area (Å²) in [4.78, 5) is 25.8. The highest BCUT2D eigenvalue weighted by atomic mass is 16.4. The molecule has 1 saturated carbocycles. The minimum atomic E-state index is -0.698. The molecule has 2 unspecified atom stereocenters. The summed E-state index contributed by atoms with van der Waals surface area (Å²) >= 11 is 0. The summed E-state index contributed by atoms with van der Waals surface area (Å²) in [7, 11) is 0. The van der Waals surface area contributed by atoms with E-state index in [1.54, 1.807) is 0 Å². The molecule has 108 valence electrons. The number of hydrogen-bond acceptors (Lipinski definition) is 2. The monoisotopic (exact) mass is 267 g/mol. The molecule has 2 aliphatic rings. The first-order chi connectivity index (χ1) is 9.00. The number of rotatable bonds is 3. The van der Waals surface area contributed by atoms with Gasteiger partial charge in [-0.25, -0.2) is 0 Å². The Morgan fingerprint density at radius 3 is 2.32 bits per heavy atom. The van der Waals surface area contributed by atoms with Gasteiger partial charge in [-0.2, -0.15) is 0 Å². The number of carbonyl (C=O) groups excluding carboxylic acids is 1. The summed E-state index contributed by atoms with van der Waals surface area (Å²) < 4.78 is 0. The van der Waals surface area contributed by atoms with Crippen molar-refractivity contribution in [3.05, 3.63) is 0 Å². The Labute approximate surface area is 115 Å². The van der Waals surface area contributed by atoms with Crippen molar-refractivity contribution in [2.24, 2.45) is 17.3 Å². The molecule has 4 nitrogen and oxygen atoms in total. The molecule has 1 aliphatic carbocycles. The van der Waals surface area contributed by atoms with Crippen LogP contribution in [0.4, 0.5) is 0 Å². The normalized spacial score (nSPS) is 30.3.